The Morgan fingerprint density at radius 1 is 1.07 bits per heavy atom. The lowest BCUT2D eigenvalue weighted by Crippen LogP contribution is -2.27. The molecule has 3 rings (SSSR count). The van der Waals surface area contributed by atoms with Crippen molar-refractivity contribution in [3.63, 3.8) is 0 Å². The molecule has 0 aliphatic carbocycles. The molecule has 0 saturated carbocycles. The van der Waals surface area contributed by atoms with E-state index in [0.29, 0.717) is 29.5 Å². The smallest absolute Gasteiger partial charge is 0.272 e. The molecule has 0 bridgehead atoms. The fraction of sp³-hybridized carbons (Fsp3) is 0.333. The molecule has 28 heavy (non-hydrogen) atoms. The van der Waals surface area contributed by atoms with Crippen LogP contribution in [-0.2, 0) is 21.9 Å². The lowest BCUT2D eigenvalue weighted by Gasteiger charge is -2.13. The van der Waals surface area contributed by atoms with E-state index < -0.39 is 15.9 Å². The Hall–Kier alpha value is -2.36. The van der Waals surface area contributed by atoms with Crippen LogP contribution >= 0.6 is 11.6 Å². The summed E-state index contributed by atoms with van der Waals surface area (Å²) < 4.78 is 28.3. The lowest BCUT2D eigenvalue weighted by molar-refractivity contribution is -0.114. The van der Waals surface area contributed by atoms with Crippen molar-refractivity contribution < 1.29 is 18.0 Å². The van der Waals surface area contributed by atoms with Gasteiger partial charge in [-0.1, -0.05) is 11.6 Å². The zero-order valence-corrected chi connectivity index (χ0v) is 17.1. The molecule has 1 aliphatic heterocycles. The number of aromatic nitrogens is 1. The molecule has 8 nitrogen and oxygen atoms in total. The third-order valence-electron chi connectivity index (χ3n) is 4.46. The van der Waals surface area contributed by atoms with Crippen molar-refractivity contribution in [1.29, 1.82) is 0 Å². The Labute approximate surface area is 168 Å². The van der Waals surface area contributed by atoms with E-state index in [-0.39, 0.29) is 16.5 Å². The van der Waals surface area contributed by atoms with Gasteiger partial charge in [-0.2, -0.15) is 4.31 Å². The molecular formula is C18H21ClN4O4S. The van der Waals surface area contributed by atoms with Crippen LogP contribution in [-0.4, -0.2) is 42.2 Å². The number of halogens is 1. The molecule has 1 aliphatic rings. The number of anilines is 2. The number of carbonyl (C=O) groups excluding carboxylic acids is 2. The molecule has 0 radical (unpaired) electrons. The fourth-order valence-corrected chi connectivity index (χ4v) is 4.84. The van der Waals surface area contributed by atoms with Crippen LogP contribution in [0.25, 0.3) is 0 Å². The molecule has 1 fully saturated rings. The molecule has 0 atom stereocenters. The zero-order valence-electron chi connectivity index (χ0n) is 15.5. The van der Waals surface area contributed by atoms with E-state index >= 15 is 0 Å². The minimum Gasteiger partial charge on any atom is -0.345 e. The number of sulfonamides is 1. The van der Waals surface area contributed by atoms with Crippen LogP contribution in [0.1, 0.15) is 30.3 Å². The first-order valence-electron chi connectivity index (χ1n) is 8.73. The first-order chi connectivity index (χ1) is 13.2. The van der Waals surface area contributed by atoms with Crippen LogP contribution in [0.5, 0.6) is 0 Å². The molecule has 150 valence electrons. The first kappa shape index (κ1) is 20.4. The zero-order chi connectivity index (χ0) is 20.5. The maximum absolute atomic E-state index is 12.7. The van der Waals surface area contributed by atoms with Gasteiger partial charge in [0.2, 0.25) is 15.9 Å². The summed E-state index contributed by atoms with van der Waals surface area (Å²) in [6.45, 7) is 2.33. The highest BCUT2D eigenvalue weighted by Crippen LogP contribution is 2.27. The van der Waals surface area contributed by atoms with Crippen LogP contribution in [0.4, 0.5) is 11.4 Å². The molecule has 2 heterocycles. The van der Waals surface area contributed by atoms with Crippen LogP contribution in [0.15, 0.2) is 35.4 Å². The number of hydrogen-bond acceptors (Lipinski definition) is 4. The van der Waals surface area contributed by atoms with Gasteiger partial charge in [-0.3, -0.25) is 9.59 Å². The molecule has 1 saturated heterocycles. The largest absolute Gasteiger partial charge is 0.345 e. The number of hydrogen-bond donors (Lipinski definition) is 2. The predicted molar refractivity (Wildman–Crippen MR) is 107 cm³/mol. The van der Waals surface area contributed by atoms with E-state index in [2.05, 4.69) is 10.6 Å². The van der Waals surface area contributed by atoms with Gasteiger partial charge in [-0.25, -0.2) is 8.42 Å². The van der Waals surface area contributed by atoms with Crippen LogP contribution < -0.4 is 10.6 Å². The molecule has 2 N–H and O–H groups in total. The second kappa shape index (κ2) is 7.94. The highest BCUT2D eigenvalue weighted by atomic mass is 35.5. The summed E-state index contributed by atoms with van der Waals surface area (Å²) in [5.74, 6) is -0.810. The predicted octanol–water partition coefficient (Wildman–Crippen LogP) is 2.67. The summed E-state index contributed by atoms with van der Waals surface area (Å²) in [5.41, 5.74) is 0.883. The minimum atomic E-state index is -3.62. The Morgan fingerprint density at radius 2 is 1.75 bits per heavy atom. The van der Waals surface area contributed by atoms with Crippen LogP contribution in [0.3, 0.4) is 0 Å². The highest BCUT2D eigenvalue weighted by molar-refractivity contribution is 7.89. The monoisotopic (exact) mass is 424 g/mol. The lowest BCUT2D eigenvalue weighted by atomic mass is 10.2. The van der Waals surface area contributed by atoms with Gasteiger partial charge in [0.05, 0.1) is 11.4 Å². The van der Waals surface area contributed by atoms with Gasteiger partial charge in [0.15, 0.2) is 0 Å². The Kier molecular flexibility index (Phi) is 5.78. The number of rotatable bonds is 5. The van der Waals surface area contributed by atoms with Crippen molar-refractivity contribution in [3.05, 3.63) is 41.2 Å². The summed E-state index contributed by atoms with van der Waals surface area (Å²) in [6, 6.07) is 6.03. The Balaban J connectivity index is 1.87. The minimum absolute atomic E-state index is 0.0789. The normalized spacial score (nSPS) is 14.8. The third kappa shape index (κ3) is 4.21. The van der Waals surface area contributed by atoms with E-state index in [4.69, 9.17) is 11.6 Å². The quantitative estimate of drug-likeness (QED) is 0.770. The first-order valence-corrected chi connectivity index (χ1v) is 10.6. The SMILES string of the molecule is CC(=O)Nc1ccc(Cl)cc1NC(=O)c1cc(S(=O)(=O)N2CCCC2)cn1C. The number of nitrogens with zero attached hydrogens (tertiary/aromatic N) is 2. The van der Waals surface area contributed by atoms with Crippen molar-refractivity contribution in [2.75, 3.05) is 23.7 Å². The molecule has 2 amide bonds. The van der Waals surface area contributed by atoms with Gasteiger partial charge in [0.25, 0.3) is 5.91 Å². The van der Waals surface area contributed by atoms with Crippen molar-refractivity contribution in [3.8, 4) is 0 Å². The summed E-state index contributed by atoms with van der Waals surface area (Å²) in [7, 11) is -2.02. The van der Waals surface area contributed by atoms with Gasteiger partial charge in [0, 0.05) is 38.3 Å². The molecule has 2 aromatic rings. The highest BCUT2D eigenvalue weighted by Gasteiger charge is 2.29. The second-order valence-corrected chi connectivity index (χ2v) is 8.98. The molecular weight excluding hydrogens is 404 g/mol. The Bertz CT molecular complexity index is 1030. The van der Waals surface area contributed by atoms with Gasteiger partial charge in [0.1, 0.15) is 10.6 Å². The summed E-state index contributed by atoms with van der Waals surface area (Å²) >= 11 is 6.00. The number of aryl methyl sites for hydroxylation is 1. The summed E-state index contributed by atoms with van der Waals surface area (Å²) in [5, 5.41) is 5.68. The number of benzene rings is 1. The van der Waals surface area contributed by atoms with E-state index in [0.717, 1.165) is 12.8 Å². The van der Waals surface area contributed by atoms with Crippen molar-refractivity contribution >= 4 is 44.8 Å². The van der Waals surface area contributed by atoms with Gasteiger partial charge in [-0.15, -0.1) is 0 Å². The maximum atomic E-state index is 12.7. The van der Waals surface area contributed by atoms with Gasteiger partial charge >= 0.3 is 0 Å². The third-order valence-corrected chi connectivity index (χ3v) is 6.55. The topological polar surface area (TPSA) is 101 Å². The van der Waals surface area contributed by atoms with Crippen LogP contribution in [0.2, 0.25) is 5.02 Å². The van der Waals surface area contributed by atoms with E-state index in [1.165, 1.54) is 34.1 Å². The van der Waals surface area contributed by atoms with E-state index in [9.17, 15) is 18.0 Å². The van der Waals surface area contributed by atoms with E-state index in [1.807, 2.05) is 0 Å². The van der Waals surface area contributed by atoms with E-state index in [1.54, 1.807) is 19.2 Å². The molecule has 0 unspecified atom stereocenters. The number of amides is 2. The standard InChI is InChI=1S/C18H21ClN4O4S/c1-12(24)20-15-6-5-13(19)9-16(15)21-18(25)17-10-14(11-22(17)2)28(26,27)23-7-3-4-8-23/h5-6,9-11H,3-4,7-8H2,1-2H3,(H,20,24)(H,21,25). The van der Waals surface area contributed by atoms with Crippen molar-refractivity contribution in [1.82, 2.24) is 8.87 Å². The second-order valence-electron chi connectivity index (χ2n) is 6.61. The average Bonchev–Trinajstić information content (AvgIpc) is 3.27. The van der Waals surface area contributed by atoms with Gasteiger partial charge in [-0.05, 0) is 37.1 Å². The molecule has 0 spiro atoms. The molecule has 1 aromatic carbocycles. The van der Waals surface area contributed by atoms with Crippen molar-refractivity contribution in [2.24, 2.45) is 7.05 Å². The Morgan fingerprint density at radius 3 is 2.39 bits per heavy atom. The van der Waals surface area contributed by atoms with Gasteiger partial charge < -0.3 is 15.2 Å². The van der Waals surface area contributed by atoms with Crippen molar-refractivity contribution in [2.45, 2.75) is 24.7 Å². The summed E-state index contributed by atoms with van der Waals surface area (Å²) in [4.78, 5) is 24.2. The number of nitrogens with one attached hydrogen (secondary N) is 2. The van der Waals surface area contributed by atoms with Crippen LogP contribution in [0, 0.1) is 0 Å². The average molecular weight is 425 g/mol. The molecule has 10 heteroatoms. The summed E-state index contributed by atoms with van der Waals surface area (Å²) in [6.07, 6.45) is 3.09. The number of carbonyl (C=O) groups is 2. The fourth-order valence-electron chi connectivity index (χ4n) is 3.08. The maximum Gasteiger partial charge on any atom is 0.272 e. The molecule has 1 aromatic heterocycles.